The molecular weight excluding hydrogens is 569 g/mol. The standard InChI is InChI=1S/C46H28O/c1-2-14-32-29(9-1)26-40-36-18-5-10-27-11-7-19-38(43(27)36)46(40)45(32)37-23-22-31(33-15-3-4-16-34(33)37)30-21-24-41-39(25-30)35-17-6-12-28-13-8-20-42(47-41)44(28)35/h1-26,40,46H. The molecule has 8 aromatic carbocycles. The molecule has 1 nitrogen and oxygen atoms in total. The van der Waals surface area contributed by atoms with Gasteiger partial charge in [-0.05, 0) is 94.5 Å². The normalized spacial score (nSPS) is 16.8. The summed E-state index contributed by atoms with van der Waals surface area (Å²) in [5.74, 6) is 2.41. The molecule has 1 heterocycles. The molecule has 0 fully saturated rings. The molecule has 1 aliphatic heterocycles. The monoisotopic (exact) mass is 596 g/mol. The van der Waals surface area contributed by atoms with Gasteiger partial charge in [0.1, 0.15) is 11.5 Å². The third-order valence-electron chi connectivity index (χ3n) is 10.8. The van der Waals surface area contributed by atoms with Crippen molar-refractivity contribution in [1.82, 2.24) is 0 Å². The summed E-state index contributed by atoms with van der Waals surface area (Å²) in [6.07, 6.45) is 2.52. The summed E-state index contributed by atoms with van der Waals surface area (Å²) in [6.45, 7) is 0. The minimum Gasteiger partial charge on any atom is -0.456 e. The van der Waals surface area contributed by atoms with Gasteiger partial charge in [-0.2, -0.15) is 0 Å². The highest BCUT2D eigenvalue weighted by molar-refractivity contribution is 6.08. The highest BCUT2D eigenvalue weighted by Crippen LogP contribution is 2.54. The van der Waals surface area contributed by atoms with Crippen LogP contribution in [0.15, 0.2) is 152 Å². The molecule has 2 unspecified atom stereocenters. The minimum atomic E-state index is 0.265. The second-order valence-electron chi connectivity index (χ2n) is 13.1. The molecule has 1 heteroatoms. The molecule has 8 aromatic rings. The topological polar surface area (TPSA) is 9.23 Å². The summed E-state index contributed by atoms with van der Waals surface area (Å²) in [5.41, 5.74) is 10.5. The van der Waals surface area contributed by atoms with Crippen LogP contribution < -0.4 is 15.2 Å². The predicted octanol–water partition coefficient (Wildman–Crippen LogP) is 10.5. The lowest BCUT2D eigenvalue weighted by Crippen LogP contribution is -2.34. The first kappa shape index (κ1) is 25.3. The van der Waals surface area contributed by atoms with Crippen LogP contribution in [0.5, 0.6) is 11.5 Å². The van der Waals surface area contributed by atoms with Crippen molar-refractivity contribution >= 4 is 44.0 Å². The maximum Gasteiger partial charge on any atom is 0.135 e. The lowest BCUT2D eigenvalue weighted by molar-refractivity contribution is 0.487. The van der Waals surface area contributed by atoms with Crippen LogP contribution in [-0.2, 0) is 0 Å². The molecule has 0 radical (unpaired) electrons. The van der Waals surface area contributed by atoms with Gasteiger partial charge < -0.3 is 4.74 Å². The summed E-state index contributed by atoms with van der Waals surface area (Å²) < 4.78 is 6.44. The van der Waals surface area contributed by atoms with Crippen LogP contribution in [-0.4, -0.2) is 0 Å². The summed E-state index contributed by atoms with van der Waals surface area (Å²) in [7, 11) is 0. The van der Waals surface area contributed by atoms with Gasteiger partial charge >= 0.3 is 0 Å². The average Bonchev–Trinajstić information content (AvgIpc) is 3.45. The molecule has 11 rings (SSSR count). The zero-order valence-electron chi connectivity index (χ0n) is 25.6. The first-order valence-electron chi connectivity index (χ1n) is 16.5. The molecular formula is C46H28O. The van der Waals surface area contributed by atoms with E-state index in [-0.39, 0.29) is 5.92 Å². The van der Waals surface area contributed by atoms with Gasteiger partial charge in [-0.25, -0.2) is 0 Å². The van der Waals surface area contributed by atoms with Gasteiger partial charge in [-0.3, -0.25) is 0 Å². The fourth-order valence-corrected chi connectivity index (χ4v) is 8.91. The number of rotatable bonds is 2. The molecule has 0 saturated heterocycles. The van der Waals surface area contributed by atoms with Gasteiger partial charge in [-0.15, -0.1) is 0 Å². The van der Waals surface area contributed by atoms with Crippen LogP contribution in [0.2, 0.25) is 0 Å². The maximum atomic E-state index is 6.44. The minimum absolute atomic E-state index is 0.265. The van der Waals surface area contributed by atoms with Crippen molar-refractivity contribution in [2.75, 3.05) is 0 Å². The van der Waals surface area contributed by atoms with E-state index in [4.69, 9.17) is 4.74 Å². The fraction of sp³-hybridized carbons (Fsp3) is 0.0435. The van der Waals surface area contributed by atoms with E-state index in [0.717, 1.165) is 17.1 Å². The third-order valence-corrected chi connectivity index (χ3v) is 10.8. The molecule has 0 amide bonds. The Morgan fingerprint density at radius 2 is 1.15 bits per heavy atom. The highest BCUT2D eigenvalue weighted by atomic mass is 16.5. The van der Waals surface area contributed by atoms with E-state index >= 15 is 0 Å². The third kappa shape index (κ3) is 3.43. The Morgan fingerprint density at radius 1 is 0.447 bits per heavy atom. The highest BCUT2D eigenvalue weighted by Gasteiger charge is 2.38. The van der Waals surface area contributed by atoms with Crippen LogP contribution in [0, 0.1) is 0 Å². The Balaban J connectivity index is 1.15. The van der Waals surface area contributed by atoms with Crippen molar-refractivity contribution in [1.29, 1.82) is 0 Å². The van der Waals surface area contributed by atoms with Gasteiger partial charge in [-0.1, -0.05) is 140 Å². The molecule has 2 atom stereocenters. The van der Waals surface area contributed by atoms with Crippen molar-refractivity contribution in [3.05, 3.63) is 179 Å². The van der Waals surface area contributed by atoms with E-state index in [1.165, 1.54) is 81.7 Å². The Kier molecular flexibility index (Phi) is 5.01. The van der Waals surface area contributed by atoms with Crippen LogP contribution >= 0.6 is 0 Å². The lowest BCUT2D eigenvalue weighted by atomic mass is 9.75. The zero-order chi connectivity index (χ0) is 30.6. The summed E-state index contributed by atoms with van der Waals surface area (Å²) in [4.78, 5) is 0. The number of fused-ring (bicyclic) bond motifs is 7. The van der Waals surface area contributed by atoms with E-state index in [1.807, 2.05) is 0 Å². The van der Waals surface area contributed by atoms with E-state index in [1.54, 1.807) is 0 Å². The largest absolute Gasteiger partial charge is 0.456 e. The Morgan fingerprint density at radius 3 is 2.02 bits per heavy atom. The number of ether oxygens (including phenoxy) is 1. The van der Waals surface area contributed by atoms with Crippen molar-refractivity contribution in [3.8, 4) is 33.8 Å². The fourth-order valence-electron chi connectivity index (χ4n) is 8.91. The zero-order valence-corrected chi connectivity index (χ0v) is 25.6. The lowest BCUT2D eigenvalue weighted by Gasteiger charge is -2.28. The van der Waals surface area contributed by atoms with Gasteiger partial charge in [0.05, 0.1) is 0 Å². The second kappa shape index (κ2) is 9.31. The molecule has 3 aliphatic rings. The van der Waals surface area contributed by atoms with E-state index in [0.29, 0.717) is 5.92 Å². The molecule has 0 spiro atoms. The predicted molar refractivity (Wildman–Crippen MR) is 194 cm³/mol. The molecule has 0 saturated carbocycles. The van der Waals surface area contributed by atoms with Crippen molar-refractivity contribution in [2.24, 2.45) is 0 Å². The molecule has 218 valence electrons. The Labute approximate surface area is 272 Å². The molecule has 0 N–H and O–H groups in total. The number of hydrogen-bond acceptors (Lipinski definition) is 1. The average molecular weight is 597 g/mol. The van der Waals surface area contributed by atoms with Crippen molar-refractivity contribution in [2.45, 2.75) is 11.8 Å². The van der Waals surface area contributed by atoms with Crippen LogP contribution in [0.4, 0.5) is 0 Å². The Bertz CT molecular complexity index is 2770. The number of hydrogen-bond donors (Lipinski definition) is 0. The molecule has 0 aromatic heterocycles. The molecule has 0 bridgehead atoms. The van der Waals surface area contributed by atoms with E-state index < -0.39 is 0 Å². The number of benzene rings is 8. The first-order valence-corrected chi connectivity index (χ1v) is 16.5. The van der Waals surface area contributed by atoms with Gasteiger partial charge in [0.2, 0.25) is 0 Å². The SMILES string of the molecule is C1=c2ccccc2=C(c2ccc(-c3ccc4c(c3)-c3cccc5cccc(c35)O4)c3ccccc23)C2c3cccc4cccc(c34)C12. The Hall–Kier alpha value is -5.92. The summed E-state index contributed by atoms with van der Waals surface area (Å²) >= 11 is 0. The second-order valence-corrected chi connectivity index (χ2v) is 13.1. The van der Waals surface area contributed by atoms with Crippen molar-refractivity contribution < 1.29 is 4.74 Å². The van der Waals surface area contributed by atoms with Crippen LogP contribution in [0.25, 0.3) is 66.2 Å². The van der Waals surface area contributed by atoms with Gasteiger partial charge in [0.25, 0.3) is 0 Å². The molecule has 2 aliphatic carbocycles. The maximum absolute atomic E-state index is 6.44. The smallest absolute Gasteiger partial charge is 0.135 e. The first-order chi connectivity index (χ1) is 23.3. The van der Waals surface area contributed by atoms with Crippen molar-refractivity contribution in [3.63, 3.8) is 0 Å². The quantitative estimate of drug-likeness (QED) is 0.193. The summed E-state index contributed by atoms with van der Waals surface area (Å²) in [6, 6.07) is 55.9. The van der Waals surface area contributed by atoms with Crippen LogP contribution in [0.1, 0.15) is 28.5 Å². The van der Waals surface area contributed by atoms with E-state index in [9.17, 15) is 0 Å². The van der Waals surface area contributed by atoms with Gasteiger partial charge in [0.15, 0.2) is 0 Å². The summed E-state index contributed by atoms with van der Waals surface area (Å²) in [5, 5.41) is 10.4. The van der Waals surface area contributed by atoms with E-state index in [2.05, 4.69) is 158 Å². The van der Waals surface area contributed by atoms with Crippen LogP contribution in [0.3, 0.4) is 0 Å². The molecule has 47 heavy (non-hydrogen) atoms. The van der Waals surface area contributed by atoms with Gasteiger partial charge in [0, 0.05) is 22.8 Å².